The molecule has 0 bridgehead atoms. The summed E-state index contributed by atoms with van der Waals surface area (Å²) in [7, 11) is 1.47. The van der Waals surface area contributed by atoms with Gasteiger partial charge in [-0.15, -0.1) is 0 Å². The minimum atomic E-state index is -0.155. The Labute approximate surface area is 94.5 Å². The highest BCUT2D eigenvalue weighted by Crippen LogP contribution is 2.23. The highest BCUT2D eigenvalue weighted by atomic mass is 16.7. The first kappa shape index (κ1) is 10.8. The number of fused-ring (bicyclic) bond motifs is 1. The summed E-state index contributed by atoms with van der Waals surface area (Å²) in [5.74, 6) is 0.440. The number of hydrogen-bond donors (Lipinski definition) is 0. The van der Waals surface area contributed by atoms with Crippen molar-refractivity contribution in [2.24, 2.45) is 4.99 Å². The molecule has 0 atom stereocenters. The van der Waals surface area contributed by atoms with E-state index < -0.39 is 0 Å². The SMILES string of the molecule is CON1C(=O)c2ccccc2C1=NC(C)C. The highest BCUT2D eigenvalue weighted by Gasteiger charge is 2.33. The molecule has 0 unspecified atom stereocenters. The number of hydroxylamine groups is 2. The number of benzene rings is 1. The summed E-state index contributed by atoms with van der Waals surface area (Å²) in [6, 6.07) is 7.51. The van der Waals surface area contributed by atoms with Crippen LogP contribution in [0.4, 0.5) is 0 Å². The minimum absolute atomic E-state index is 0.117. The molecule has 1 aromatic rings. The molecule has 1 amide bonds. The van der Waals surface area contributed by atoms with Crippen molar-refractivity contribution in [3.63, 3.8) is 0 Å². The summed E-state index contributed by atoms with van der Waals surface area (Å²) < 4.78 is 0. The van der Waals surface area contributed by atoms with E-state index in [1.54, 1.807) is 6.07 Å². The summed E-state index contributed by atoms with van der Waals surface area (Å²) in [4.78, 5) is 21.4. The molecule has 0 fully saturated rings. The molecular formula is C12H14N2O2. The summed E-state index contributed by atoms with van der Waals surface area (Å²) in [6.07, 6.45) is 0. The fraction of sp³-hybridized carbons (Fsp3) is 0.333. The second-order valence-corrected chi connectivity index (χ2v) is 3.87. The Morgan fingerprint density at radius 2 is 1.88 bits per heavy atom. The van der Waals surface area contributed by atoms with Crippen LogP contribution in [0.1, 0.15) is 29.8 Å². The van der Waals surface area contributed by atoms with Crippen molar-refractivity contribution in [3.05, 3.63) is 35.4 Å². The lowest BCUT2D eigenvalue weighted by Crippen LogP contribution is -2.29. The molecule has 84 valence electrons. The topological polar surface area (TPSA) is 41.9 Å². The number of amides is 1. The molecule has 1 aliphatic heterocycles. The molecule has 0 aromatic heterocycles. The maximum atomic E-state index is 11.9. The van der Waals surface area contributed by atoms with Gasteiger partial charge >= 0.3 is 0 Å². The molecule has 0 saturated carbocycles. The molecule has 1 aromatic carbocycles. The van der Waals surface area contributed by atoms with Crippen LogP contribution in [0.25, 0.3) is 0 Å². The van der Waals surface area contributed by atoms with E-state index in [0.717, 1.165) is 5.56 Å². The van der Waals surface area contributed by atoms with Crippen LogP contribution >= 0.6 is 0 Å². The monoisotopic (exact) mass is 218 g/mol. The maximum absolute atomic E-state index is 11.9. The van der Waals surface area contributed by atoms with E-state index in [-0.39, 0.29) is 11.9 Å². The Bertz CT molecular complexity index is 452. The Morgan fingerprint density at radius 1 is 1.25 bits per heavy atom. The van der Waals surface area contributed by atoms with Crippen molar-refractivity contribution in [1.29, 1.82) is 0 Å². The fourth-order valence-electron chi connectivity index (χ4n) is 1.72. The lowest BCUT2D eigenvalue weighted by atomic mass is 10.1. The first-order valence-corrected chi connectivity index (χ1v) is 5.21. The molecule has 4 nitrogen and oxygen atoms in total. The number of rotatable bonds is 2. The van der Waals surface area contributed by atoms with Crippen molar-refractivity contribution < 1.29 is 9.63 Å². The normalized spacial score (nSPS) is 17.4. The molecule has 0 aliphatic carbocycles. The molecule has 0 spiro atoms. The Balaban J connectivity index is 2.55. The van der Waals surface area contributed by atoms with Crippen molar-refractivity contribution >= 4 is 11.7 Å². The van der Waals surface area contributed by atoms with Crippen molar-refractivity contribution in [2.75, 3.05) is 7.11 Å². The first-order chi connectivity index (χ1) is 7.65. The number of carbonyl (C=O) groups is 1. The average Bonchev–Trinajstić information content (AvgIpc) is 2.52. The van der Waals surface area contributed by atoms with E-state index in [1.165, 1.54) is 12.2 Å². The van der Waals surface area contributed by atoms with Crippen LogP contribution in [0, 0.1) is 0 Å². The van der Waals surface area contributed by atoms with Crippen LogP contribution < -0.4 is 0 Å². The molecule has 0 saturated heterocycles. The lowest BCUT2D eigenvalue weighted by Gasteiger charge is -2.14. The number of aliphatic imine (C=N–C) groups is 1. The van der Waals surface area contributed by atoms with E-state index in [0.29, 0.717) is 11.4 Å². The van der Waals surface area contributed by atoms with Gasteiger partial charge in [-0.1, -0.05) is 18.2 Å². The standard InChI is InChI=1S/C12H14N2O2/c1-8(2)13-11-9-6-4-5-7-10(9)12(15)14(11)16-3/h4-8H,1-3H3. The lowest BCUT2D eigenvalue weighted by molar-refractivity contribution is -0.0373. The fourth-order valence-corrected chi connectivity index (χ4v) is 1.72. The van der Waals surface area contributed by atoms with Gasteiger partial charge in [0.1, 0.15) is 0 Å². The zero-order chi connectivity index (χ0) is 11.7. The third-order valence-corrected chi connectivity index (χ3v) is 2.34. The van der Waals surface area contributed by atoms with E-state index >= 15 is 0 Å². The molecule has 2 rings (SSSR count). The van der Waals surface area contributed by atoms with E-state index in [2.05, 4.69) is 4.99 Å². The Morgan fingerprint density at radius 3 is 2.44 bits per heavy atom. The molecule has 1 heterocycles. The van der Waals surface area contributed by atoms with Gasteiger partial charge in [0.05, 0.1) is 12.7 Å². The van der Waals surface area contributed by atoms with E-state index in [9.17, 15) is 4.79 Å². The quantitative estimate of drug-likeness (QED) is 0.760. The van der Waals surface area contributed by atoms with Gasteiger partial charge in [0, 0.05) is 11.6 Å². The zero-order valence-electron chi connectivity index (χ0n) is 9.60. The second kappa shape index (κ2) is 4.06. The smallest absolute Gasteiger partial charge is 0.268 e. The summed E-state index contributed by atoms with van der Waals surface area (Å²) in [5.41, 5.74) is 1.48. The predicted molar refractivity (Wildman–Crippen MR) is 61.3 cm³/mol. The van der Waals surface area contributed by atoms with Crippen molar-refractivity contribution in [1.82, 2.24) is 5.06 Å². The first-order valence-electron chi connectivity index (χ1n) is 5.21. The van der Waals surface area contributed by atoms with E-state index in [1.807, 2.05) is 32.0 Å². The maximum Gasteiger partial charge on any atom is 0.284 e. The van der Waals surface area contributed by atoms with Gasteiger partial charge in [-0.2, -0.15) is 5.06 Å². The minimum Gasteiger partial charge on any atom is -0.268 e. The molecular weight excluding hydrogens is 204 g/mol. The van der Waals surface area contributed by atoms with Gasteiger partial charge in [0.15, 0.2) is 5.84 Å². The number of hydrogen-bond acceptors (Lipinski definition) is 3. The van der Waals surface area contributed by atoms with Crippen LogP contribution in [0.3, 0.4) is 0 Å². The number of nitrogens with zero attached hydrogens (tertiary/aromatic N) is 2. The van der Waals surface area contributed by atoms with Gasteiger partial charge < -0.3 is 0 Å². The second-order valence-electron chi connectivity index (χ2n) is 3.87. The van der Waals surface area contributed by atoms with Crippen LogP contribution in [-0.2, 0) is 4.84 Å². The van der Waals surface area contributed by atoms with Crippen LogP contribution in [0.15, 0.2) is 29.3 Å². The molecule has 4 heteroatoms. The van der Waals surface area contributed by atoms with Crippen LogP contribution in [0.5, 0.6) is 0 Å². The van der Waals surface area contributed by atoms with Gasteiger partial charge in [-0.3, -0.25) is 14.6 Å². The molecule has 16 heavy (non-hydrogen) atoms. The molecule has 0 N–H and O–H groups in total. The number of carbonyl (C=O) groups excluding carboxylic acids is 1. The molecule has 0 radical (unpaired) electrons. The average molecular weight is 218 g/mol. The van der Waals surface area contributed by atoms with E-state index in [4.69, 9.17) is 4.84 Å². The Kier molecular flexibility index (Phi) is 2.75. The van der Waals surface area contributed by atoms with Gasteiger partial charge in [-0.05, 0) is 19.9 Å². The van der Waals surface area contributed by atoms with Crippen LogP contribution in [-0.4, -0.2) is 30.0 Å². The summed E-state index contributed by atoms with van der Waals surface area (Å²) in [5, 5.41) is 1.24. The van der Waals surface area contributed by atoms with Gasteiger partial charge in [0.2, 0.25) is 0 Å². The predicted octanol–water partition coefficient (Wildman–Crippen LogP) is 1.86. The highest BCUT2D eigenvalue weighted by molar-refractivity contribution is 6.22. The van der Waals surface area contributed by atoms with Crippen LogP contribution in [0.2, 0.25) is 0 Å². The third-order valence-electron chi connectivity index (χ3n) is 2.34. The van der Waals surface area contributed by atoms with Crippen molar-refractivity contribution in [2.45, 2.75) is 19.9 Å². The van der Waals surface area contributed by atoms with Gasteiger partial charge in [0.25, 0.3) is 5.91 Å². The number of amidine groups is 1. The largest absolute Gasteiger partial charge is 0.284 e. The van der Waals surface area contributed by atoms with Crippen molar-refractivity contribution in [3.8, 4) is 0 Å². The van der Waals surface area contributed by atoms with Gasteiger partial charge in [-0.25, -0.2) is 0 Å². The Hall–Kier alpha value is -1.68. The third kappa shape index (κ3) is 1.61. The summed E-state index contributed by atoms with van der Waals surface area (Å²) >= 11 is 0. The zero-order valence-corrected chi connectivity index (χ0v) is 9.60. The molecule has 1 aliphatic rings. The summed E-state index contributed by atoms with van der Waals surface area (Å²) in [6.45, 7) is 3.93.